The van der Waals surface area contributed by atoms with E-state index in [9.17, 15) is 0 Å². The maximum Gasteiger partial charge on any atom is 0.172 e. The number of hydrogen-bond acceptors (Lipinski definition) is 4. The van der Waals surface area contributed by atoms with Gasteiger partial charge in [-0.3, -0.25) is 4.57 Å². The van der Waals surface area contributed by atoms with Crippen LogP contribution in [0.4, 0.5) is 0 Å². The minimum atomic E-state index is 0.666. The molecule has 0 atom stereocenters. The first-order chi connectivity index (χ1) is 21.3. The van der Waals surface area contributed by atoms with E-state index < -0.39 is 0 Å². The number of aromatic nitrogens is 3. The number of ether oxygens (including phenoxy) is 2. The van der Waals surface area contributed by atoms with Gasteiger partial charge in [0.1, 0.15) is 5.82 Å². The summed E-state index contributed by atoms with van der Waals surface area (Å²) in [6.07, 6.45) is 0. The summed E-state index contributed by atoms with van der Waals surface area (Å²) >= 11 is 0. The van der Waals surface area contributed by atoms with E-state index in [0.29, 0.717) is 28.8 Å². The van der Waals surface area contributed by atoms with E-state index in [0.717, 1.165) is 49.8 Å². The van der Waals surface area contributed by atoms with E-state index >= 15 is 0 Å². The molecule has 1 aliphatic rings. The average Bonchev–Trinajstić information content (AvgIpc) is 3.37. The van der Waals surface area contributed by atoms with Gasteiger partial charge in [-0.1, -0.05) is 97.1 Å². The summed E-state index contributed by atoms with van der Waals surface area (Å²) in [5.74, 6) is 4.21. The van der Waals surface area contributed by atoms with Gasteiger partial charge in [-0.15, -0.1) is 0 Å². The van der Waals surface area contributed by atoms with E-state index in [2.05, 4.69) is 71.3 Å². The topological polar surface area (TPSA) is 49.2 Å². The maximum absolute atomic E-state index is 6.36. The van der Waals surface area contributed by atoms with Crippen LogP contribution in [-0.2, 0) is 0 Å². The van der Waals surface area contributed by atoms with Crippen molar-refractivity contribution in [2.45, 2.75) is 0 Å². The van der Waals surface area contributed by atoms with Crippen molar-refractivity contribution in [1.82, 2.24) is 14.5 Å². The maximum atomic E-state index is 6.36. The van der Waals surface area contributed by atoms with Gasteiger partial charge in [0.2, 0.25) is 0 Å². The molecule has 0 saturated carbocycles. The quantitative estimate of drug-likeness (QED) is 0.218. The molecular formula is C38H23N3O2. The van der Waals surface area contributed by atoms with Crippen LogP contribution in [0.1, 0.15) is 0 Å². The fourth-order valence-electron chi connectivity index (χ4n) is 5.99. The normalized spacial score (nSPS) is 12.1. The molecule has 3 heterocycles. The molecule has 1 aliphatic heterocycles. The predicted molar refractivity (Wildman–Crippen MR) is 171 cm³/mol. The number of benzene rings is 6. The fraction of sp³-hybridized carbons (Fsp3) is 0. The van der Waals surface area contributed by atoms with Crippen LogP contribution in [0, 0.1) is 0 Å². The minimum Gasteiger partial charge on any atom is -0.449 e. The summed E-state index contributed by atoms with van der Waals surface area (Å²) in [6.45, 7) is 0. The highest BCUT2D eigenvalue weighted by Gasteiger charge is 2.24. The average molecular weight is 554 g/mol. The van der Waals surface area contributed by atoms with E-state index in [-0.39, 0.29) is 0 Å². The van der Waals surface area contributed by atoms with Crippen LogP contribution < -0.4 is 9.47 Å². The second kappa shape index (κ2) is 9.29. The molecule has 0 bridgehead atoms. The lowest BCUT2D eigenvalue weighted by molar-refractivity contribution is 0.360. The van der Waals surface area contributed by atoms with Crippen molar-refractivity contribution in [3.05, 3.63) is 140 Å². The molecular weight excluding hydrogens is 530 g/mol. The van der Waals surface area contributed by atoms with E-state index in [1.54, 1.807) is 0 Å². The van der Waals surface area contributed by atoms with Crippen molar-refractivity contribution >= 4 is 32.6 Å². The van der Waals surface area contributed by atoms with Gasteiger partial charge in [0.15, 0.2) is 28.8 Å². The molecule has 0 spiro atoms. The third-order valence-electron chi connectivity index (χ3n) is 8.03. The largest absolute Gasteiger partial charge is 0.449 e. The summed E-state index contributed by atoms with van der Waals surface area (Å²) in [5, 5.41) is 4.50. The smallest absolute Gasteiger partial charge is 0.172 e. The van der Waals surface area contributed by atoms with E-state index in [1.807, 2.05) is 72.8 Å². The van der Waals surface area contributed by atoms with Gasteiger partial charge in [-0.2, -0.15) is 0 Å². The molecule has 5 heteroatoms. The summed E-state index contributed by atoms with van der Waals surface area (Å²) in [7, 11) is 0. The van der Waals surface area contributed by atoms with Gasteiger partial charge in [0.25, 0.3) is 0 Å². The van der Waals surface area contributed by atoms with Crippen LogP contribution in [0.2, 0.25) is 0 Å². The van der Waals surface area contributed by atoms with Crippen molar-refractivity contribution < 1.29 is 9.47 Å². The molecule has 8 aromatic rings. The summed E-state index contributed by atoms with van der Waals surface area (Å²) in [4.78, 5) is 10.2. The highest BCUT2D eigenvalue weighted by Crippen LogP contribution is 2.48. The van der Waals surface area contributed by atoms with Crippen LogP contribution in [0.5, 0.6) is 23.0 Å². The van der Waals surface area contributed by atoms with Gasteiger partial charge in [-0.05, 0) is 41.1 Å². The van der Waals surface area contributed by atoms with Crippen LogP contribution in [0.25, 0.3) is 61.0 Å². The standard InChI is InChI=1S/C38H23N3O2/c1-3-11-24(12-4-1)30-22-37(40-38(39-30)25-13-5-2-6-14-25)41-31-20-27-16-8-7-15-26(27)19-28(31)29-21-35-36(23-32(29)41)43-34-18-10-9-17-33(34)42-35/h1-23H. The predicted octanol–water partition coefficient (Wildman–Crippen LogP) is 9.96. The van der Waals surface area contributed by atoms with Crippen molar-refractivity contribution in [2.75, 3.05) is 0 Å². The number of fused-ring (bicyclic) bond motifs is 6. The molecule has 43 heavy (non-hydrogen) atoms. The molecule has 0 aliphatic carbocycles. The molecule has 0 unspecified atom stereocenters. The first-order valence-corrected chi connectivity index (χ1v) is 14.2. The van der Waals surface area contributed by atoms with Crippen molar-refractivity contribution in [1.29, 1.82) is 0 Å². The van der Waals surface area contributed by atoms with Crippen LogP contribution in [-0.4, -0.2) is 14.5 Å². The zero-order valence-electron chi connectivity index (χ0n) is 22.9. The second-order valence-corrected chi connectivity index (χ2v) is 10.7. The molecule has 2 aromatic heterocycles. The minimum absolute atomic E-state index is 0.666. The summed E-state index contributed by atoms with van der Waals surface area (Å²) < 4.78 is 14.9. The molecule has 0 saturated heterocycles. The van der Waals surface area contributed by atoms with Crippen molar-refractivity contribution in [3.8, 4) is 51.5 Å². The summed E-state index contributed by atoms with van der Waals surface area (Å²) in [6, 6.07) is 47.3. The molecule has 0 amide bonds. The third kappa shape index (κ3) is 3.86. The lowest BCUT2D eigenvalue weighted by Crippen LogP contribution is -2.03. The van der Waals surface area contributed by atoms with Gasteiger partial charge in [0, 0.05) is 34.0 Å². The molecule has 0 N–H and O–H groups in total. The Kier molecular flexibility index (Phi) is 5.13. The first-order valence-electron chi connectivity index (χ1n) is 14.2. The van der Waals surface area contributed by atoms with E-state index in [1.165, 1.54) is 5.39 Å². The number of hydrogen-bond donors (Lipinski definition) is 0. The Morgan fingerprint density at radius 3 is 1.72 bits per heavy atom. The Balaban J connectivity index is 1.37. The Hall–Kier alpha value is -5.94. The second-order valence-electron chi connectivity index (χ2n) is 10.7. The SMILES string of the molecule is c1ccc(-c2cc(-n3c4cc5c(cc4c4cc6ccccc6cc43)Oc3ccccc3O5)nc(-c3ccccc3)n2)cc1. The van der Waals surface area contributed by atoms with Crippen LogP contribution in [0.15, 0.2) is 140 Å². The lowest BCUT2D eigenvalue weighted by Gasteiger charge is -2.20. The van der Waals surface area contributed by atoms with Gasteiger partial charge in [0.05, 0.1) is 16.7 Å². The number of para-hydroxylation sites is 2. The first kappa shape index (κ1) is 23.7. The number of nitrogens with zero attached hydrogens (tertiary/aromatic N) is 3. The van der Waals surface area contributed by atoms with Gasteiger partial charge < -0.3 is 9.47 Å². The highest BCUT2D eigenvalue weighted by atomic mass is 16.6. The molecule has 6 aromatic carbocycles. The Labute approximate surface area is 247 Å². The fourth-order valence-corrected chi connectivity index (χ4v) is 5.99. The van der Waals surface area contributed by atoms with Crippen molar-refractivity contribution in [3.63, 3.8) is 0 Å². The van der Waals surface area contributed by atoms with Crippen molar-refractivity contribution in [2.24, 2.45) is 0 Å². The zero-order valence-corrected chi connectivity index (χ0v) is 22.9. The Morgan fingerprint density at radius 2 is 1.00 bits per heavy atom. The van der Waals surface area contributed by atoms with Gasteiger partial charge >= 0.3 is 0 Å². The molecule has 9 rings (SSSR count). The van der Waals surface area contributed by atoms with Crippen LogP contribution in [0.3, 0.4) is 0 Å². The molecule has 202 valence electrons. The highest BCUT2D eigenvalue weighted by molar-refractivity contribution is 6.14. The third-order valence-corrected chi connectivity index (χ3v) is 8.03. The molecule has 0 radical (unpaired) electrons. The lowest BCUT2D eigenvalue weighted by atomic mass is 10.1. The van der Waals surface area contributed by atoms with Gasteiger partial charge in [-0.25, -0.2) is 9.97 Å². The monoisotopic (exact) mass is 553 g/mol. The molecule has 0 fully saturated rings. The summed E-state index contributed by atoms with van der Waals surface area (Å²) in [5.41, 5.74) is 4.86. The zero-order chi connectivity index (χ0) is 28.3. The Bertz CT molecular complexity index is 2290. The molecule has 5 nitrogen and oxygen atoms in total. The Morgan fingerprint density at radius 1 is 0.442 bits per heavy atom. The van der Waals surface area contributed by atoms with Crippen LogP contribution >= 0.6 is 0 Å². The van der Waals surface area contributed by atoms with E-state index in [4.69, 9.17) is 19.4 Å². The number of rotatable bonds is 3.